The number of aliphatic hydroxyl groups is 1. The molecule has 1 saturated carbocycles. The Bertz CT molecular complexity index is 1730. The molecular formula is C26H23N9O. The number of nitrogens with zero attached hydrogens (tertiary/aromatic N) is 6. The summed E-state index contributed by atoms with van der Waals surface area (Å²) >= 11 is 0. The number of aryl methyl sites for hydroxylation is 1. The molecule has 1 aliphatic rings. The van der Waals surface area contributed by atoms with Gasteiger partial charge in [-0.3, -0.25) is 15.1 Å². The predicted octanol–water partition coefficient (Wildman–Crippen LogP) is 4.20. The van der Waals surface area contributed by atoms with E-state index in [0.29, 0.717) is 11.7 Å². The molecule has 0 saturated heterocycles. The number of aromatic nitrogens is 8. The van der Waals surface area contributed by atoms with E-state index in [1.165, 1.54) is 0 Å². The summed E-state index contributed by atoms with van der Waals surface area (Å²) in [6, 6.07) is 8.12. The van der Waals surface area contributed by atoms with Crippen molar-refractivity contribution in [3.8, 4) is 28.3 Å². The Morgan fingerprint density at radius 3 is 2.78 bits per heavy atom. The zero-order valence-corrected chi connectivity index (χ0v) is 19.5. The van der Waals surface area contributed by atoms with Gasteiger partial charge in [0.1, 0.15) is 17.4 Å². The Morgan fingerprint density at radius 1 is 1.06 bits per heavy atom. The summed E-state index contributed by atoms with van der Waals surface area (Å²) in [4.78, 5) is 21.3. The number of nitrogens with one attached hydrogen (secondary N) is 3. The van der Waals surface area contributed by atoms with Crippen LogP contribution in [0.25, 0.3) is 50.3 Å². The minimum absolute atomic E-state index is 0.329. The molecule has 0 aliphatic heterocycles. The van der Waals surface area contributed by atoms with Crippen molar-refractivity contribution in [2.24, 2.45) is 5.92 Å². The third-order valence-electron chi connectivity index (χ3n) is 6.61. The number of anilines is 1. The molecule has 4 N–H and O–H groups in total. The molecule has 10 nitrogen and oxygen atoms in total. The fourth-order valence-electron chi connectivity index (χ4n) is 4.52. The number of aromatic amines is 2. The first-order valence-corrected chi connectivity index (χ1v) is 11.9. The summed E-state index contributed by atoms with van der Waals surface area (Å²) in [5.41, 5.74) is 7.75. The highest BCUT2D eigenvalue weighted by atomic mass is 16.3. The summed E-state index contributed by atoms with van der Waals surface area (Å²) in [6.07, 6.45) is 12.4. The largest absolute Gasteiger partial charge is 0.374 e. The number of fused-ring (bicyclic) bond motifs is 2. The van der Waals surface area contributed by atoms with Crippen LogP contribution in [0.5, 0.6) is 0 Å². The van der Waals surface area contributed by atoms with Gasteiger partial charge < -0.3 is 20.0 Å². The lowest BCUT2D eigenvalue weighted by molar-refractivity contribution is 0.180. The molecule has 1 unspecified atom stereocenters. The summed E-state index contributed by atoms with van der Waals surface area (Å²) in [5.74, 6) is 0.983. The van der Waals surface area contributed by atoms with E-state index >= 15 is 0 Å². The summed E-state index contributed by atoms with van der Waals surface area (Å²) in [6.45, 7) is 1.95. The molecule has 0 spiro atoms. The molecular weight excluding hydrogens is 454 g/mol. The standard InChI is InChI=1S/C26H23N9O/c1-14-12-35(13-29-14)22-11-28-10-21-24(22)32-25(31-21)23-19-7-16(4-5-20(19)33-34-23)17-6-18(9-27-8-17)30-26(36)15-2-3-15/h4-13,15,26,30,36H,2-3H2,1H3,(H,31,32)(H,33,34). The van der Waals surface area contributed by atoms with Gasteiger partial charge in [-0.05, 0) is 43.5 Å². The van der Waals surface area contributed by atoms with E-state index in [1.807, 2.05) is 42.1 Å². The van der Waals surface area contributed by atoms with Crippen molar-refractivity contribution in [1.82, 2.24) is 39.7 Å². The van der Waals surface area contributed by atoms with Crippen molar-refractivity contribution >= 4 is 27.6 Å². The van der Waals surface area contributed by atoms with Crippen LogP contribution in [-0.4, -0.2) is 51.0 Å². The number of aliphatic hydroxyl groups excluding tert-OH is 1. The van der Waals surface area contributed by atoms with Crippen LogP contribution in [0.4, 0.5) is 5.69 Å². The zero-order chi connectivity index (χ0) is 24.2. The van der Waals surface area contributed by atoms with Crippen LogP contribution in [0, 0.1) is 12.8 Å². The zero-order valence-electron chi connectivity index (χ0n) is 19.5. The number of rotatable bonds is 6. The first-order chi connectivity index (χ1) is 17.6. The molecule has 36 heavy (non-hydrogen) atoms. The molecule has 5 aromatic heterocycles. The average Bonchev–Trinajstić information content (AvgIpc) is 3.30. The van der Waals surface area contributed by atoms with Gasteiger partial charge in [0.15, 0.2) is 5.82 Å². The first kappa shape index (κ1) is 20.8. The van der Waals surface area contributed by atoms with Crippen LogP contribution in [0.3, 0.4) is 0 Å². The highest BCUT2D eigenvalue weighted by Gasteiger charge is 2.29. The average molecular weight is 478 g/mol. The molecule has 6 aromatic rings. The number of pyridine rings is 2. The maximum atomic E-state index is 10.3. The lowest BCUT2D eigenvalue weighted by Crippen LogP contribution is -2.20. The number of benzene rings is 1. The van der Waals surface area contributed by atoms with Crippen LogP contribution < -0.4 is 5.32 Å². The number of hydrogen-bond acceptors (Lipinski definition) is 7. The minimum Gasteiger partial charge on any atom is -0.374 e. The normalized spacial score (nSPS) is 14.5. The van der Waals surface area contributed by atoms with Crippen LogP contribution >= 0.6 is 0 Å². The number of hydrogen-bond donors (Lipinski definition) is 4. The van der Waals surface area contributed by atoms with Crippen molar-refractivity contribution in [3.63, 3.8) is 0 Å². The van der Waals surface area contributed by atoms with Crippen molar-refractivity contribution in [2.75, 3.05) is 5.32 Å². The topological polar surface area (TPSA) is 133 Å². The van der Waals surface area contributed by atoms with Crippen molar-refractivity contribution in [1.29, 1.82) is 0 Å². The third-order valence-corrected chi connectivity index (χ3v) is 6.61. The van der Waals surface area contributed by atoms with E-state index in [2.05, 4.69) is 41.5 Å². The molecule has 1 aliphatic carbocycles. The van der Waals surface area contributed by atoms with Crippen molar-refractivity contribution in [2.45, 2.75) is 26.0 Å². The highest BCUT2D eigenvalue weighted by Crippen LogP contribution is 2.34. The van der Waals surface area contributed by atoms with Gasteiger partial charge in [-0.15, -0.1) is 0 Å². The summed E-state index contributed by atoms with van der Waals surface area (Å²) in [7, 11) is 0. The Hall–Kier alpha value is -4.57. The Morgan fingerprint density at radius 2 is 1.94 bits per heavy atom. The van der Waals surface area contributed by atoms with E-state index in [1.54, 1.807) is 24.9 Å². The van der Waals surface area contributed by atoms with Gasteiger partial charge in [-0.1, -0.05) is 6.07 Å². The number of imidazole rings is 2. The minimum atomic E-state index is -0.538. The molecule has 5 heterocycles. The smallest absolute Gasteiger partial charge is 0.159 e. The Balaban J connectivity index is 1.28. The molecule has 1 atom stereocenters. The van der Waals surface area contributed by atoms with Gasteiger partial charge in [0.05, 0.1) is 53.0 Å². The second-order valence-electron chi connectivity index (χ2n) is 9.28. The van der Waals surface area contributed by atoms with Crippen molar-refractivity contribution in [3.05, 3.63) is 67.3 Å². The fourth-order valence-corrected chi connectivity index (χ4v) is 4.52. The summed E-state index contributed by atoms with van der Waals surface area (Å²) < 4.78 is 1.92. The molecule has 0 bridgehead atoms. The molecule has 178 valence electrons. The maximum Gasteiger partial charge on any atom is 0.159 e. The highest BCUT2D eigenvalue weighted by molar-refractivity contribution is 5.96. The van der Waals surface area contributed by atoms with E-state index in [9.17, 15) is 5.11 Å². The lowest BCUT2D eigenvalue weighted by atomic mass is 10.0. The molecule has 0 radical (unpaired) electrons. The third kappa shape index (κ3) is 3.59. The lowest BCUT2D eigenvalue weighted by Gasteiger charge is -2.13. The van der Waals surface area contributed by atoms with Gasteiger partial charge in [0, 0.05) is 29.3 Å². The van der Waals surface area contributed by atoms with Crippen molar-refractivity contribution < 1.29 is 5.11 Å². The SMILES string of the molecule is Cc1cn(-c2cncc3[nH]c(-c4n[nH]c5ccc(-c6cncc(NC(O)C7CC7)c6)cc45)nc23)cn1. The molecule has 10 heteroatoms. The molecule has 1 aromatic carbocycles. The van der Waals surface area contributed by atoms with E-state index < -0.39 is 6.23 Å². The quantitative estimate of drug-likeness (QED) is 0.264. The summed E-state index contributed by atoms with van der Waals surface area (Å²) in [5, 5.41) is 22.0. The van der Waals surface area contributed by atoms with E-state index in [4.69, 9.17) is 4.98 Å². The van der Waals surface area contributed by atoms with Gasteiger partial charge in [-0.25, -0.2) is 9.97 Å². The first-order valence-electron chi connectivity index (χ1n) is 11.9. The van der Waals surface area contributed by atoms with Gasteiger partial charge in [0.25, 0.3) is 0 Å². The van der Waals surface area contributed by atoms with Gasteiger partial charge in [-0.2, -0.15) is 5.10 Å². The number of H-pyrrole nitrogens is 2. The Kier molecular flexibility index (Phi) is 4.61. The fraction of sp³-hybridized carbons (Fsp3) is 0.192. The van der Waals surface area contributed by atoms with Gasteiger partial charge in [0.2, 0.25) is 0 Å². The monoisotopic (exact) mass is 477 g/mol. The molecule has 0 amide bonds. The maximum absolute atomic E-state index is 10.3. The predicted molar refractivity (Wildman–Crippen MR) is 136 cm³/mol. The van der Waals surface area contributed by atoms with Gasteiger partial charge >= 0.3 is 0 Å². The van der Waals surface area contributed by atoms with Crippen LogP contribution in [0.15, 0.2) is 61.6 Å². The van der Waals surface area contributed by atoms with Crippen LogP contribution in [-0.2, 0) is 0 Å². The molecule has 1 fully saturated rings. The van der Waals surface area contributed by atoms with E-state index in [0.717, 1.165) is 68.7 Å². The molecule has 7 rings (SSSR count). The van der Waals surface area contributed by atoms with E-state index in [-0.39, 0.29) is 0 Å². The Labute approximate surface area is 205 Å². The van der Waals surface area contributed by atoms with Crippen LogP contribution in [0.1, 0.15) is 18.5 Å². The second-order valence-corrected chi connectivity index (χ2v) is 9.28. The van der Waals surface area contributed by atoms with Crippen LogP contribution in [0.2, 0.25) is 0 Å². The second kappa shape index (κ2) is 7.99.